The highest BCUT2D eigenvalue weighted by molar-refractivity contribution is 7.07. The number of furan rings is 1. The first kappa shape index (κ1) is 18.9. The third-order valence-corrected chi connectivity index (χ3v) is 5.54. The quantitative estimate of drug-likeness (QED) is 0.625. The van der Waals surface area contributed by atoms with Gasteiger partial charge in [0.25, 0.3) is 5.56 Å². The number of rotatable bonds is 4. The second-order valence-electron chi connectivity index (χ2n) is 6.40. The number of allylic oxidation sites excluding steroid dienone is 2. The predicted molar refractivity (Wildman–Crippen MR) is 111 cm³/mol. The summed E-state index contributed by atoms with van der Waals surface area (Å²) in [6.45, 7) is 1.75. The molecule has 3 aromatic rings. The summed E-state index contributed by atoms with van der Waals surface area (Å²) in [6, 6.07) is 12.6. The maximum absolute atomic E-state index is 13.2. The van der Waals surface area contributed by atoms with E-state index < -0.39 is 12.0 Å². The Labute approximate surface area is 170 Å². The van der Waals surface area contributed by atoms with Gasteiger partial charge in [0.05, 0.1) is 35.2 Å². The van der Waals surface area contributed by atoms with Crippen LogP contribution in [0.25, 0.3) is 12.2 Å². The van der Waals surface area contributed by atoms with Crippen LogP contribution < -0.4 is 14.9 Å². The number of carbonyl (C=O) groups is 1. The van der Waals surface area contributed by atoms with Crippen molar-refractivity contribution in [2.75, 3.05) is 7.11 Å². The van der Waals surface area contributed by atoms with Crippen molar-refractivity contribution in [3.63, 3.8) is 0 Å². The molecule has 6 nitrogen and oxygen atoms in total. The molecule has 1 aliphatic heterocycles. The standard InChI is InChI=1S/C22H18N2O4S/c1-14-19(21(26)27-2)17(11-10-15-7-4-3-5-8-15)24-20(25)18(29-22(24)23-14)13-16-9-6-12-28-16/h3-13,17H,1-2H3/b11-10+,18-13-/t17-/m0/s1. The molecular formula is C22H18N2O4S. The van der Waals surface area contributed by atoms with Gasteiger partial charge in [-0.1, -0.05) is 53.8 Å². The number of nitrogens with zero attached hydrogens (tertiary/aromatic N) is 2. The van der Waals surface area contributed by atoms with Crippen LogP contribution in [-0.2, 0) is 9.53 Å². The van der Waals surface area contributed by atoms with Crippen LogP contribution in [0.15, 0.2) is 80.3 Å². The molecule has 0 saturated carbocycles. The van der Waals surface area contributed by atoms with Crippen molar-refractivity contribution in [2.45, 2.75) is 13.0 Å². The summed E-state index contributed by atoms with van der Waals surface area (Å²) in [5.41, 5.74) is 1.60. The number of fused-ring (bicyclic) bond motifs is 1. The molecule has 2 aromatic heterocycles. The number of hydrogen-bond acceptors (Lipinski definition) is 6. The van der Waals surface area contributed by atoms with Crippen LogP contribution in [0.5, 0.6) is 0 Å². The van der Waals surface area contributed by atoms with Crippen LogP contribution >= 0.6 is 11.3 Å². The van der Waals surface area contributed by atoms with Crippen LogP contribution in [0.3, 0.4) is 0 Å². The van der Waals surface area contributed by atoms with E-state index in [1.54, 1.807) is 31.4 Å². The third kappa shape index (κ3) is 3.64. The lowest BCUT2D eigenvalue weighted by molar-refractivity contribution is -0.136. The minimum atomic E-state index is -0.613. The van der Waals surface area contributed by atoms with E-state index in [-0.39, 0.29) is 5.56 Å². The summed E-state index contributed by atoms with van der Waals surface area (Å²) in [5.74, 6) is 0.0739. The highest BCUT2D eigenvalue weighted by Gasteiger charge is 2.30. The fourth-order valence-corrected chi connectivity index (χ4v) is 4.22. The first-order valence-electron chi connectivity index (χ1n) is 8.96. The minimum absolute atomic E-state index is 0.234. The molecule has 1 aromatic carbocycles. The summed E-state index contributed by atoms with van der Waals surface area (Å²) in [7, 11) is 1.32. The lowest BCUT2D eigenvalue weighted by Gasteiger charge is -2.21. The number of esters is 1. The van der Waals surface area contributed by atoms with Crippen LogP contribution in [0.2, 0.25) is 0 Å². The van der Waals surface area contributed by atoms with Gasteiger partial charge in [0.1, 0.15) is 5.76 Å². The number of ether oxygens (including phenoxy) is 1. The molecule has 7 heteroatoms. The van der Waals surface area contributed by atoms with Crippen molar-refractivity contribution in [1.29, 1.82) is 0 Å². The van der Waals surface area contributed by atoms with Gasteiger partial charge >= 0.3 is 5.97 Å². The van der Waals surface area contributed by atoms with E-state index in [9.17, 15) is 9.59 Å². The molecule has 0 bridgehead atoms. The van der Waals surface area contributed by atoms with E-state index in [2.05, 4.69) is 4.99 Å². The predicted octanol–water partition coefficient (Wildman–Crippen LogP) is 2.67. The van der Waals surface area contributed by atoms with E-state index in [1.807, 2.05) is 42.5 Å². The Morgan fingerprint density at radius 3 is 2.72 bits per heavy atom. The Balaban J connectivity index is 1.89. The molecule has 1 aliphatic rings. The Hall–Kier alpha value is -3.45. The number of methoxy groups -OCH3 is 1. The van der Waals surface area contributed by atoms with Crippen molar-refractivity contribution in [2.24, 2.45) is 4.99 Å². The zero-order chi connectivity index (χ0) is 20.4. The first-order valence-corrected chi connectivity index (χ1v) is 9.78. The SMILES string of the molecule is COC(=O)C1=C(C)N=c2s/c(=C\c3ccco3)c(=O)n2[C@H]1/C=C/c1ccccc1. The smallest absolute Gasteiger partial charge is 0.338 e. The van der Waals surface area contributed by atoms with E-state index >= 15 is 0 Å². The largest absolute Gasteiger partial charge is 0.466 e. The summed E-state index contributed by atoms with van der Waals surface area (Å²) < 4.78 is 12.3. The molecule has 0 fully saturated rings. The summed E-state index contributed by atoms with van der Waals surface area (Å²) >= 11 is 1.26. The maximum Gasteiger partial charge on any atom is 0.338 e. The molecule has 3 heterocycles. The Bertz CT molecular complexity index is 1280. The second kappa shape index (κ2) is 7.89. The molecule has 146 valence electrons. The summed E-state index contributed by atoms with van der Waals surface area (Å²) in [5, 5.41) is 0. The second-order valence-corrected chi connectivity index (χ2v) is 7.41. The minimum Gasteiger partial charge on any atom is -0.466 e. The van der Waals surface area contributed by atoms with Crippen molar-refractivity contribution in [3.05, 3.63) is 97.1 Å². The van der Waals surface area contributed by atoms with Gasteiger partial charge in [0.15, 0.2) is 4.80 Å². The van der Waals surface area contributed by atoms with Crippen LogP contribution in [-0.4, -0.2) is 17.6 Å². The highest BCUT2D eigenvalue weighted by Crippen LogP contribution is 2.26. The van der Waals surface area contributed by atoms with E-state index in [1.165, 1.54) is 23.0 Å². The number of hydrogen-bond donors (Lipinski definition) is 0. The fraction of sp³-hybridized carbons (Fsp3) is 0.136. The van der Waals surface area contributed by atoms with Gasteiger partial charge in [-0.2, -0.15) is 0 Å². The molecular weight excluding hydrogens is 388 g/mol. The molecule has 0 unspecified atom stereocenters. The Morgan fingerprint density at radius 1 is 1.24 bits per heavy atom. The van der Waals surface area contributed by atoms with Crippen molar-refractivity contribution in [1.82, 2.24) is 4.57 Å². The van der Waals surface area contributed by atoms with Gasteiger partial charge in [-0.15, -0.1) is 0 Å². The number of aromatic nitrogens is 1. The molecule has 0 N–H and O–H groups in total. The molecule has 1 atom stereocenters. The molecule has 0 spiro atoms. The van der Waals surface area contributed by atoms with E-state index in [0.29, 0.717) is 26.4 Å². The maximum atomic E-state index is 13.2. The molecule has 29 heavy (non-hydrogen) atoms. The Morgan fingerprint density at radius 2 is 2.03 bits per heavy atom. The summed E-state index contributed by atoms with van der Waals surface area (Å²) in [4.78, 5) is 30.6. The van der Waals surface area contributed by atoms with Gasteiger partial charge in [-0.05, 0) is 24.6 Å². The molecule has 0 amide bonds. The highest BCUT2D eigenvalue weighted by atomic mass is 32.1. The van der Waals surface area contributed by atoms with Gasteiger partial charge < -0.3 is 9.15 Å². The van der Waals surface area contributed by atoms with Gasteiger partial charge in [-0.3, -0.25) is 9.36 Å². The van der Waals surface area contributed by atoms with Crippen molar-refractivity contribution in [3.8, 4) is 0 Å². The lowest BCUT2D eigenvalue weighted by Crippen LogP contribution is -2.38. The van der Waals surface area contributed by atoms with Gasteiger partial charge in [0, 0.05) is 6.08 Å². The van der Waals surface area contributed by atoms with E-state index in [4.69, 9.17) is 9.15 Å². The van der Waals surface area contributed by atoms with Gasteiger partial charge in [0.2, 0.25) is 0 Å². The molecule has 4 rings (SSSR count). The molecule has 0 radical (unpaired) electrons. The third-order valence-electron chi connectivity index (χ3n) is 4.56. The van der Waals surface area contributed by atoms with E-state index in [0.717, 1.165) is 5.56 Å². The lowest BCUT2D eigenvalue weighted by atomic mass is 10.0. The summed E-state index contributed by atoms with van der Waals surface area (Å²) in [6.07, 6.45) is 6.94. The number of benzene rings is 1. The Kier molecular flexibility index (Phi) is 5.14. The zero-order valence-electron chi connectivity index (χ0n) is 15.9. The fourth-order valence-electron chi connectivity index (χ4n) is 3.19. The number of carbonyl (C=O) groups excluding carboxylic acids is 1. The first-order chi connectivity index (χ1) is 14.1. The van der Waals surface area contributed by atoms with Crippen LogP contribution in [0, 0.1) is 0 Å². The van der Waals surface area contributed by atoms with Crippen LogP contribution in [0.1, 0.15) is 24.3 Å². The van der Waals surface area contributed by atoms with Crippen molar-refractivity contribution < 1.29 is 13.9 Å². The monoisotopic (exact) mass is 406 g/mol. The van der Waals surface area contributed by atoms with Crippen molar-refractivity contribution >= 4 is 29.5 Å². The average Bonchev–Trinajstić information content (AvgIpc) is 3.34. The topological polar surface area (TPSA) is 73.8 Å². The normalized spacial score (nSPS) is 16.8. The molecule has 0 aliphatic carbocycles. The molecule has 0 saturated heterocycles. The van der Waals surface area contributed by atoms with Gasteiger partial charge in [-0.25, -0.2) is 9.79 Å². The number of thiazole rings is 1. The average molecular weight is 406 g/mol. The van der Waals surface area contributed by atoms with Crippen LogP contribution in [0.4, 0.5) is 0 Å². The zero-order valence-corrected chi connectivity index (χ0v) is 16.7.